The number of hydrogen-bond donors (Lipinski definition) is 1. The molecule has 2 aromatic carbocycles. The molecule has 0 saturated carbocycles. The highest BCUT2D eigenvalue weighted by atomic mass is 79.9. The van der Waals surface area contributed by atoms with E-state index in [-0.39, 0.29) is 12.5 Å². The van der Waals surface area contributed by atoms with E-state index in [9.17, 15) is 18.0 Å². The Kier molecular flexibility index (Phi) is 10.7. The molecule has 0 fully saturated rings. The van der Waals surface area contributed by atoms with E-state index in [1.807, 2.05) is 6.92 Å². The summed E-state index contributed by atoms with van der Waals surface area (Å²) in [6.07, 6.45) is 2.75. The number of carbonyl (C=O) groups excluding carboxylic acids is 2. The van der Waals surface area contributed by atoms with Gasteiger partial charge in [-0.05, 0) is 55.3 Å². The standard InChI is InChI=1S/C23H28BrCl2N3O4S/c1-4-5-12-27-23(31)16(2)28(14-17-6-9-19(25)13-21(17)26)22(30)15-29(34(3,32)33)20-10-7-18(24)8-11-20/h6-11,13,16H,4-5,12,14-15H2,1-3H3,(H,27,31)/t16-/m0/s1. The fourth-order valence-corrected chi connectivity index (χ4v) is 4.76. The van der Waals surface area contributed by atoms with Crippen molar-refractivity contribution in [2.24, 2.45) is 0 Å². The van der Waals surface area contributed by atoms with Gasteiger partial charge >= 0.3 is 0 Å². The van der Waals surface area contributed by atoms with Crippen LogP contribution >= 0.6 is 39.1 Å². The molecule has 0 aliphatic rings. The monoisotopic (exact) mass is 591 g/mol. The molecule has 0 spiro atoms. The third-order valence-corrected chi connectivity index (χ3v) is 7.40. The van der Waals surface area contributed by atoms with E-state index in [0.717, 1.165) is 27.9 Å². The summed E-state index contributed by atoms with van der Waals surface area (Å²) < 4.78 is 26.8. The molecule has 2 aromatic rings. The maximum atomic E-state index is 13.5. The van der Waals surface area contributed by atoms with Crippen LogP contribution in [0.5, 0.6) is 0 Å². The molecule has 1 atom stereocenters. The highest BCUT2D eigenvalue weighted by Gasteiger charge is 2.30. The molecular weight excluding hydrogens is 565 g/mol. The van der Waals surface area contributed by atoms with Gasteiger partial charge in [0.25, 0.3) is 0 Å². The number of benzene rings is 2. The molecule has 34 heavy (non-hydrogen) atoms. The van der Waals surface area contributed by atoms with Gasteiger partial charge in [-0.3, -0.25) is 13.9 Å². The lowest BCUT2D eigenvalue weighted by atomic mass is 10.1. The first kappa shape index (κ1) is 28.4. The Morgan fingerprint density at radius 1 is 1.12 bits per heavy atom. The smallest absolute Gasteiger partial charge is 0.244 e. The summed E-state index contributed by atoms with van der Waals surface area (Å²) in [4.78, 5) is 27.6. The Hall–Kier alpha value is -1.81. The lowest BCUT2D eigenvalue weighted by Gasteiger charge is -2.31. The number of unbranched alkanes of at least 4 members (excludes halogenated alkanes) is 1. The van der Waals surface area contributed by atoms with Gasteiger partial charge in [-0.15, -0.1) is 0 Å². The van der Waals surface area contributed by atoms with Crippen molar-refractivity contribution >= 4 is 66.7 Å². The highest BCUT2D eigenvalue weighted by Crippen LogP contribution is 2.25. The quantitative estimate of drug-likeness (QED) is 0.378. The first-order chi connectivity index (χ1) is 15.9. The molecule has 0 bridgehead atoms. The first-order valence-electron chi connectivity index (χ1n) is 10.7. The summed E-state index contributed by atoms with van der Waals surface area (Å²) in [7, 11) is -3.78. The second-order valence-corrected chi connectivity index (χ2v) is 11.5. The molecule has 0 unspecified atom stereocenters. The van der Waals surface area contributed by atoms with Crippen molar-refractivity contribution in [3.63, 3.8) is 0 Å². The largest absolute Gasteiger partial charge is 0.354 e. The number of sulfonamides is 1. The van der Waals surface area contributed by atoms with Gasteiger partial charge in [-0.25, -0.2) is 8.42 Å². The molecule has 1 N–H and O–H groups in total. The Morgan fingerprint density at radius 2 is 1.76 bits per heavy atom. The third-order valence-electron chi connectivity index (χ3n) is 5.15. The third kappa shape index (κ3) is 8.15. The second kappa shape index (κ2) is 12.8. The van der Waals surface area contributed by atoms with Crippen LogP contribution in [0.1, 0.15) is 32.3 Å². The Labute approximate surface area is 219 Å². The number of anilines is 1. The van der Waals surface area contributed by atoms with Crippen molar-refractivity contribution < 1.29 is 18.0 Å². The van der Waals surface area contributed by atoms with Crippen LogP contribution in [0.3, 0.4) is 0 Å². The zero-order valence-electron chi connectivity index (χ0n) is 19.2. The molecule has 7 nitrogen and oxygen atoms in total. The minimum atomic E-state index is -3.78. The fourth-order valence-electron chi connectivity index (χ4n) is 3.17. The van der Waals surface area contributed by atoms with E-state index in [0.29, 0.717) is 27.8 Å². The lowest BCUT2D eigenvalue weighted by molar-refractivity contribution is -0.139. The number of amides is 2. The van der Waals surface area contributed by atoms with Crippen LogP contribution < -0.4 is 9.62 Å². The van der Waals surface area contributed by atoms with E-state index in [2.05, 4.69) is 21.2 Å². The molecule has 186 valence electrons. The second-order valence-electron chi connectivity index (χ2n) is 7.82. The predicted molar refractivity (Wildman–Crippen MR) is 141 cm³/mol. The Morgan fingerprint density at radius 3 is 2.32 bits per heavy atom. The van der Waals surface area contributed by atoms with Gasteiger partial charge in [-0.1, -0.05) is 58.5 Å². The summed E-state index contributed by atoms with van der Waals surface area (Å²) in [5.41, 5.74) is 0.922. The number of nitrogens with zero attached hydrogens (tertiary/aromatic N) is 2. The number of carbonyl (C=O) groups is 2. The van der Waals surface area contributed by atoms with Crippen molar-refractivity contribution in [3.8, 4) is 0 Å². The van der Waals surface area contributed by atoms with Gasteiger partial charge in [0.2, 0.25) is 21.8 Å². The molecule has 11 heteroatoms. The number of rotatable bonds is 11. The molecule has 0 aliphatic carbocycles. The van der Waals surface area contributed by atoms with Gasteiger partial charge in [-0.2, -0.15) is 0 Å². The summed E-state index contributed by atoms with van der Waals surface area (Å²) >= 11 is 15.6. The molecule has 0 saturated heterocycles. The topological polar surface area (TPSA) is 86.8 Å². The zero-order valence-corrected chi connectivity index (χ0v) is 23.1. The molecule has 0 aliphatic heterocycles. The van der Waals surface area contributed by atoms with E-state index in [4.69, 9.17) is 23.2 Å². The van der Waals surface area contributed by atoms with E-state index >= 15 is 0 Å². The summed E-state index contributed by atoms with van der Waals surface area (Å²) in [6, 6.07) is 10.6. The van der Waals surface area contributed by atoms with Crippen LogP contribution in [0.4, 0.5) is 5.69 Å². The van der Waals surface area contributed by atoms with Crippen molar-refractivity contribution in [3.05, 3.63) is 62.5 Å². The Bertz CT molecular complexity index is 1110. The summed E-state index contributed by atoms with van der Waals surface area (Å²) in [6.45, 7) is 3.63. The van der Waals surface area contributed by atoms with E-state index in [1.54, 1.807) is 49.4 Å². The van der Waals surface area contributed by atoms with Crippen molar-refractivity contribution in [1.82, 2.24) is 10.2 Å². The average Bonchev–Trinajstić information content (AvgIpc) is 2.76. The minimum absolute atomic E-state index is 0.00907. The van der Waals surface area contributed by atoms with Crippen LogP contribution in [-0.2, 0) is 26.2 Å². The number of hydrogen-bond acceptors (Lipinski definition) is 4. The van der Waals surface area contributed by atoms with Gasteiger partial charge in [0.1, 0.15) is 12.6 Å². The van der Waals surface area contributed by atoms with Crippen LogP contribution in [0.2, 0.25) is 10.0 Å². The number of nitrogens with one attached hydrogen (secondary N) is 1. The minimum Gasteiger partial charge on any atom is -0.354 e. The molecule has 0 aromatic heterocycles. The van der Waals surface area contributed by atoms with Gasteiger partial charge < -0.3 is 10.2 Å². The summed E-state index contributed by atoms with van der Waals surface area (Å²) in [5, 5.41) is 3.61. The van der Waals surface area contributed by atoms with Crippen molar-refractivity contribution in [2.75, 3.05) is 23.7 Å². The average molecular weight is 593 g/mol. The Balaban J connectivity index is 2.37. The van der Waals surface area contributed by atoms with Crippen molar-refractivity contribution in [1.29, 1.82) is 0 Å². The normalized spacial score (nSPS) is 12.2. The predicted octanol–water partition coefficient (Wildman–Crippen LogP) is 4.86. The molecule has 0 radical (unpaired) electrons. The maximum Gasteiger partial charge on any atom is 0.244 e. The first-order valence-corrected chi connectivity index (χ1v) is 14.1. The van der Waals surface area contributed by atoms with E-state index in [1.165, 1.54) is 4.90 Å². The SMILES string of the molecule is CCCCNC(=O)[C@H](C)N(Cc1ccc(Cl)cc1Cl)C(=O)CN(c1ccc(Br)cc1)S(C)(=O)=O. The van der Waals surface area contributed by atoms with Crippen LogP contribution in [0.25, 0.3) is 0 Å². The summed E-state index contributed by atoms with van der Waals surface area (Å²) in [5.74, 6) is -0.876. The fraction of sp³-hybridized carbons (Fsp3) is 0.391. The van der Waals surface area contributed by atoms with Gasteiger partial charge in [0.15, 0.2) is 0 Å². The molecule has 0 heterocycles. The molecule has 2 amide bonds. The highest BCUT2D eigenvalue weighted by molar-refractivity contribution is 9.10. The molecular formula is C23H28BrCl2N3O4S. The van der Waals surface area contributed by atoms with E-state index < -0.39 is 28.5 Å². The van der Waals surface area contributed by atoms with Gasteiger partial charge in [0.05, 0.1) is 11.9 Å². The zero-order chi connectivity index (χ0) is 25.5. The maximum absolute atomic E-state index is 13.5. The van der Waals surface area contributed by atoms with Crippen LogP contribution in [0.15, 0.2) is 46.9 Å². The van der Waals surface area contributed by atoms with Crippen molar-refractivity contribution in [2.45, 2.75) is 39.3 Å². The van der Waals surface area contributed by atoms with Gasteiger partial charge in [0, 0.05) is 27.6 Å². The van der Waals surface area contributed by atoms with Crippen LogP contribution in [0, 0.1) is 0 Å². The molecule has 2 rings (SSSR count). The number of halogens is 3. The van der Waals surface area contributed by atoms with Crippen LogP contribution in [-0.4, -0.2) is 50.5 Å². The lowest BCUT2D eigenvalue weighted by Crippen LogP contribution is -2.51.